The lowest BCUT2D eigenvalue weighted by Gasteiger charge is -2.27. The Bertz CT molecular complexity index is 625. The van der Waals surface area contributed by atoms with E-state index in [1.807, 2.05) is 24.3 Å². The van der Waals surface area contributed by atoms with Gasteiger partial charge < -0.3 is 5.73 Å². The van der Waals surface area contributed by atoms with Crippen molar-refractivity contribution in [3.05, 3.63) is 71.8 Å². The van der Waals surface area contributed by atoms with Crippen LogP contribution < -0.4 is 5.73 Å². The van der Waals surface area contributed by atoms with E-state index in [0.717, 1.165) is 12.0 Å². The Labute approximate surface area is 163 Å². The molecule has 2 N–H and O–H groups in total. The Hall–Kier alpha value is -1.35. The molecular formula is C21H28Cl2N2. The number of rotatable bonds is 5. The lowest BCUT2D eigenvalue weighted by atomic mass is 9.89. The first-order chi connectivity index (χ1) is 11.3. The molecule has 3 rings (SSSR count). The quantitative estimate of drug-likeness (QED) is 0.681. The van der Waals surface area contributed by atoms with E-state index in [1.54, 1.807) is 0 Å². The smallest absolute Gasteiger partial charge is 0.137 e. The third-order valence-electron chi connectivity index (χ3n) is 4.76. The second-order valence-electron chi connectivity index (χ2n) is 6.63. The van der Waals surface area contributed by atoms with Gasteiger partial charge in [0, 0.05) is 12.6 Å². The largest absolute Gasteiger partial charge is 0.303 e. The maximum absolute atomic E-state index is 6.77. The van der Waals surface area contributed by atoms with E-state index in [1.165, 1.54) is 37.7 Å². The van der Waals surface area contributed by atoms with Gasteiger partial charge in [-0.15, -0.1) is 24.8 Å². The topological polar surface area (TPSA) is 38.4 Å². The molecule has 0 radical (unpaired) electrons. The van der Waals surface area contributed by atoms with Crippen molar-refractivity contribution >= 4 is 31.0 Å². The number of nitrogens with zero attached hydrogens (tertiary/aromatic N) is 1. The first kappa shape index (κ1) is 21.7. The van der Waals surface area contributed by atoms with Crippen molar-refractivity contribution in [2.75, 3.05) is 0 Å². The Kier molecular flexibility index (Phi) is 9.20. The molecule has 0 saturated heterocycles. The van der Waals surface area contributed by atoms with E-state index < -0.39 is 5.66 Å². The van der Waals surface area contributed by atoms with Gasteiger partial charge in [0.25, 0.3) is 0 Å². The molecule has 2 aromatic carbocycles. The third-order valence-corrected chi connectivity index (χ3v) is 4.76. The molecule has 1 aliphatic rings. The number of halogens is 2. The number of aliphatic imine (C=N–C) groups is 1. The van der Waals surface area contributed by atoms with Crippen LogP contribution in [0.3, 0.4) is 0 Å². The SMILES string of the molecule is Cl.Cl.NC(Cc1ccccc1)(N=CC1CCCCC1)c1ccccc1. The molecule has 0 aliphatic heterocycles. The Morgan fingerprint density at radius 2 is 1.44 bits per heavy atom. The van der Waals surface area contributed by atoms with Gasteiger partial charge in [0.05, 0.1) is 0 Å². The number of hydrogen-bond acceptors (Lipinski definition) is 2. The maximum Gasteiger partial charge on any atom is 0.137 e. The van der Waals surface area contributed by atoms with Gasteiger partial charge in [0.15, 0.2) is 0 Å². The minimum atomic E-state index is -0.680. The minimum Gasteiger partial charge on any atom is -0.303 e. The van der Waals surface area contributed by atoms with Crippen LogP contribution in [0.1, 0.15) is 43.2 Å². The molecule has 1 unspecified atom stereocenters. The molecule has 4 heteroatoms. The van der Waals surface area contributed by atoms with Gasteiger partial charge in [-0.3, -0.25) is 4.99 Å². The molecule has 0 spiro atoms. The van der Waals surface area contributed by atoms with Crippen LogP contribution in [0.15, 0.2) is 65.7 Å². The second kappa shape index (κ2) is 10.6. The predicted octanol–water partition coefficient (Wildman–Crippen LogP) is 5.54. The molecule has 136 valence electrons. The van der Waals surface area contributed by atoms with Crippen LogP contribution in [0.25, 0.3) is 0 Å². The van der Waals surface area contributed by atoms with Crippen LogP contribution in [0.4, 0.5) is 0 Å². The molecule has 0 aromatic heterocycles. The van der Waals surface area contributed by atoms with Gasteiger partial charge in [-0.1, -0.05) is 79.9 Å². The van der Waals surface area contributed by atoms with Gasteiger partial charge in [0.1, 0.15) is 5.66 Å². The minimum absolute atomic E-state index is 0. The summed E-state index contributed by atoms with van der Waals surface area (Å²) >= 11 is 0. The highest BCUT2D eigenvalue weighted by atomic mass is 35.5. The zero-order valence-electron chi connectivity index (χ0n) is 14.5. The Morgan fingerprint density at radius 1 is 0.880 bits per heavy atom. The summed E-state index contributed by atoms with van der Waals surface area (Å²) in [5, 5.41) is 0. The first-order valence-corrected chi connectivity index (χ1v) is 8.70. The lowest BCUT2D eigenvalue weighted by molar-refractivity contribution is 0.429. The molecule has 1 saturated carbocycles. The molecule has 0 amide bonds. The fourth-order valence-electron chi connectivity index (χ4n) is 3.38. The average molecular weight is 379 g/mol. The van der Waals surface area contributed by atoms with Crippen molar-refractivity contribution in [1.82, 2.24) is 0 Å². The molecule has 1 aliphatic carbocycles. The van der Waals surface area contributed by atoms with Crippen molar-refractivity contribution < 1.29 is 0 Å². The van der Waals surface area contributed by atoms with Crippen LogP contribution in [-0.4, -0.2) is 6.21 Å². The fraction of sp³-hybridized carbons (Fsp3) is 0.381. The van der Waals surface area contributed by atoms with Crippen molar-refractivity contribution in [3.63, 3.8) is 0 Å². The van der Waals surface area contributed by atoms with Crippen molar-refractivity contribution in [3.8, 4) is 0 Å². The lowest BCUT2D eigenvalue weighted by Crippen LogP contribution is -2.37. The summed E-state index contributed by atoms with van der Waals surface area (Å²) < 4.78 is 0. The monoisotopic (exact) mass is 378 g/mol. The molecule has 0 heterocycles. The summed E-state index contributed by atoms with van der Waals surface area (Å²) in [5.41, 5.74) is 8.39. The Balaban J connectivity index is 0.00000156. The standard InChI is InChI=1S/C21H26N2.2ClH/c22-21(20-14-8-3-9-15-20,16-18-10-4-1-5-11-18)23-17-19-12-6-2-7-13-19;;/h1,3-5,8-11,14-15,17,19H,2,6-7,12-13,16,22H2;2*1H. The van der Waals surface area contributed by atoms with Crippen molar-refractivity contribution in [2.24, 2.45) is 16.6 Å². The summed E-state index contributed by atoms with van der Waals surface area (Å²) in [6, 6.07) is 20.7. The molecule has 2 nitrogen and oxygen atoms in total. The van der Waals surface area contributed by atoms with Gasteiger partial charge in [-0.2, -0.15) is 0 Å². The van der Waals surface area contributed by atoms with Gasteiger partial charge in [-0.05, 0) is 29.9 Å². The normalized spacial score (nSPS) is 17.3. The highest BCUT2D eigenvalue weighted by Crippen LogP contribution is 2.27. The zero-order chi connectivity index (χ0) is 16.0. The van der Waals surface area contributed by atoms with Crippen LogP contribution >= 0.6 is 24.8 Å². The summed E-state index contributed by atoms with van der Waals surface area (Å²) in [7, 11) is 0. The van der Waals surface area contributed by atoms with E-state index in [0.29, 0.717) is 5.92 Å². The van der Waals surface area contributed by atoms with E-state index in [-0.39, 0.29) is 24.8 Å². The molecule has 1 atom stereocenters. The van der Waals surface area contributed by atoms with E-state index in [9.17, 15) is 0 Å². The van der Waals surface area contributed by atoms with Crippen molar-refractivity contribution in [1.29, 1.82) is 0 Å². The van der Waals surface area contributed by atoms with Crippen LogP contribution in [0.5, 0.6) is 0 Å². The number of benzene rings is 2. The maximum atomic E-state index is 6.77. The fourth-order valence-corrected chi connectivity index (χ4v) is 3.38. The summed E-state index contributed by atoms with van der Waals surface area (Å²) in [6.07, 6.45) is 9.35. The average Bonchev–Trinajstić information content (AvgIpc) is 2.63. The highest BCUT2D eigenvalue weighted by Gasteiger charge is 2.26. The molecule has 2 aromatic rings. The highest BCUT2D eigenvalue weighted by molar-refractivity contribution is 5.85. The summed E-state index contributed by atoms with van der Waals surface area (Å²) in [6.45, 7) is 0. The van der Waals surface area contributed by atoms with E-state index >= 15 is 0 Å². The number of nitrogens with two attached hydrogens (primary N) is 1. The van der Waals surface area contributed by atoms with Gasteiger partial charge >= 0.3 is 0 Å². The van der Waals surface area contributed by atoms with Crippen LogP contribution in [0, 0.1) is 5.92 Å². The van der Waals surface area contributed by atoms with Gasteiger partial charge in [0.2, 0.25) is 0 Å². The first-order valence-electron chi connectivity index (χ1n) is 8.70. The summed E-state index contributed by atoms with van der Waals surface area (Å²) in [5.74, 6) is 0.589. The van der Waals surface area contributed by atoms with Crippen LogP contribution in [-0.2, 0) is 12.1 Å². The third kappa shape index (κ3) is 6.14. The zero-order valence-corrected chi connectivity index (χ0v) is 16.1. The molecule has 25 heavy (non-hydrogen) atoms. The molecular weight excluding hydrogens is 351 g/mol. The number of hydrogen-bond donors (Lipinski definition) is 1. The van der Waals surface area contributed by atoms with Crippen LogP contribution in [0.2, 0.25) is 0 Å². The Morgan fingerprint density at radius 3 is 2.04 bits per heavy atom. The van der Waals surface area contributed by atoms with E-state index in [4.69, 9.17) is 10.7 Å². The van der Waals surface area contributed by atoms with Gasteiger partial charge in [-0.25, -0.2) is 0 Å². The summed E-state index contributed by atoms with van der Waals surface area (Å²) in [4.78, 5) is 4.90. The van der Waals surface area contributed by atoms with E-state index in [2.05, 4.69) is 42.6 Å². The van der Waals surface area contributed by atoms with Crippen molar-refractivity contribution in [2.45, 2.75) is 44.2 Å². The molecule has 0 bridgehead atoms. The molecule has 1 fully saturated rings. The second-order valence-corrected chi connectivity index (χ2v) is 6.63. The predicted molar refractivity (Wildman–Crippen MR) is 112 cm³/mol.